The second-order valence-corrected chi connectivity index (χ2v) is 8.19. The molecule has 5 atom stereocenters. The topological polar surface area (TPSA) is 158 Å². The lowest BCUT2D eigenvalue weighted by atomic mass is 10.0. The normalized spacial score (nSPS) is 27.6. The molecule has 4 N–H and O–H groups in total. The minimum Gasteiger partial charge on any atom is -0.479 e. The van der Waals surface area contributed by atoms with E-state index in [0.29, 0.717) is 11.4 Å². The number of aromatic nitrogens is 1. The lowest BCUT2D eigenvalue weighted by Crippen LogP contribution is -2.59. The van der Waals surface area contributed by atoms with E-state index >= 15 is 0 Å². The van der Waals surface area contributed by atoms with E-state index in [4.69, 9.17) is 19.8 Å². The van der Waals surface area contributed by atoms with Crippen LogP contribution in [-0.2, 0) is 27.9 Å². The standard InChI is InChI=1S/C20H19N3O7S/c1-23-11(7-21)3-5-13(23)9-2-4-12-10(6-9)8-29-20(22-12)31-19-16(26)14(24)15(25)17(30-19)18(27)28/h2-6,14-17,19,24-26H,8H2,1H3,(H,27,28). The molecule has 1 aromatic heterocycles. The molecular formula is C20H19N3O7S. The summed E-state index contributed by atoms with van der Waals surface area (Å²) in [5.41, 5.74) is 2.56. The van der Waals surface area contributed by atoms with Crippen molar-refractivity contribution in [2.24, 2.45) is 12.0 Å². The van der Waals surface area contributed by atoms with Crippen LogP contribution in [0.3, 0.4) is 0 Å². The molecule has 31 heavy (non-hydrogen) atoms. The smallest absolute Gasteiger partial charge is 0.335 e. The third-order valence-corrected chi connectivity index (χ3v) is 6.24. The highest BCUT2D eigenvalue weighted by atomic mass is 32.2. The van der Waals surface area contributed by atoms with E-state index in [1.807, 2.05) is 25.2 Å². The van der Waals surface area contributed by atoms with Gasteiger partial charge in [-0.1, -0.05) is 6.07 Å². The highest BCUT2D eigenvalue weighted by Gasteiger charge is 2.47. The zero-order chi connectivity index (χ0) is 22.3. The van der Waals surface area contributed by atoms with E-state index in [0.717, 1.165) is 28.6 Å². The van der Waals surface area contributed by atoms with E-state index < -0.39 is 35.8 Å². The van der Waals surface area contributed by atoms with Gasteiger partial charge in [-0.15, -0.1) is 0 Å². The van der Waals surface area contributed by atoms with Crippen molar-refractivity contribution in [2.45, 2.75) is 36.5 Å². The molecule has 11 heteroatoms. The van der Waals surface area contributed by atoms with Gasteiger partial charge >= 0.3 is 5.97 Å². The van der Waals surface area contributed by atoms with Gasteiger partial charge in [0.05, 0.1) is 5.69 Å². The average Bonchev–Trinajstić information content (AvgIpc) is 3.13. The van der Waals surface area contributed by atoms with Gasteiger partial charge in [0.2, 0.25) is 0 Å². The van der Waals surface area contributed by atoms with Crippen molar-refractivity contribution in [1.29, 1.82) is 5.26 Å². The SMILES string of the molecule is Cn1c(C#N)ccc1-c1ccc2c(c1)COC(SC1OC(C(=O)O)C(O)C(O)C1O)=N2. The Kier molecular flexibility index (Phi) is 5.74. The molecular weight excluding hydrogens is 426 g/mol. The third kappa shape index (κ3) is 3.91. The van der Waals surface area contributed by atoms with Crippen LogP contribution in [0, 0.1) is 11.3 Å². The monoisotopic (exact) mass is 445 g/mol. The highest BCUT2D eigenvalue weighted by Crippen LogP contribution is 2.35. The quantitative estimate of drug-likeness (QED) is 0.534. The second-order valence-electron chi connectivity index (χ2n) is 7.14. The molecule has 0 aliphatic carbocycles. The lowest BCUT2D eigenvalue weighted by Gasteiger charge is -2.38. The number of aliphatic hydroxyl groups is 3. The Labute approximate surface area is 181 Å². The Bertz CT molecular complexity index is 1090. The fourth-order valence-corrected chi connectivity index (χ4v) is 4.41. The van der Waals surface area contributed by atoms with Gasteiger partial charge in [0.1, 0.15) is 42.1 Å². The van der Waals surface area contributed by atoms with Gasteiger partial charge in [-0.3, -0.25) is 0 Å². The summed E-state index contributed by atoms with van der Waals surface area (Å²) in [5.74, 6) is -1.45. The van der Waals surface area contributed by atoms with Crippen LogP contribution < -0.4 is 0 Å². The number of benzene rings is 1. The Hall–Kier alpha value is -2.88. The number of aliphatic hydroxyl groups excluding tert-OH is 3. The van der Waals surface area contributed by atoms with Crippen LogP contribution in [-0.4, -0.2) is 66.0 Å². The first-order valence-corrected chi connectivity index (χ1v) is 10.2. The first-order chi connectivity index (χ1) is 14.8. The number of carbonyl (C=O) groups is 1. The number of aliphatic imine (C=N–C) groups is 1. The second kappa shape index (κ2) is 8.33. The number of nitrogens with zero attached hydrogens (tertiary/aromatic N) is 3. The molecule has 4 rings (SSSR count). The number of hydrogen-bond acceptors (Lipinski definition) is 9. The molecule has 1 fully saturated rings. The van der Waals surface area contributed by atoms with E-state index in [-0.39, 0.29) is 11.8 Å². The molecule has 1 saturated heterocycles. The van der Waals surface area contributed by atoms with Crippen molar-refractivity contribution in [3.8, 4) is 17.3 Å². The minimum atomic E-state index is -1.75. The van der Waals surface area contributed by atoms with Crippen LogP contribution in [0.2, 0.25) is 0 Å². The molecule has 5 unspecified atom stereocenters. The zero-order valence-electron chi connectivity index (χ0n) is 16.2. The first-order valence-electron chi connectivity index (χ1n) is 9.30. The number of thioether (sulfide) groups is 1. The molecule has 2 aliphatic heterocycles. The maximum Gasteiger partial charge on any atom is 0.335 e. The summed E-state index contributed by atoms with van der Waals surface area (Å²) in [5, 5.41) is 48.3. The van der Waals surface area contributed by atoms with Crippen LogP contribution in [0.25, 0.3) is 11.3 Å². The number of carboxylic acids is 1. The van der Waals surface area contributed by atoms with Crippen molar-refractivity contribution in [2.75, 3.05) is 0 Å². The molecule has 3 heterocycles. The van der Waals surface area contributed by atoms with Gasteiger partial charge in [-0.05, 0) is 41.6 Å². The van der Waals surface area contributed by atoms with Crippen molar-refractivity contribution in [1.82, 2.24) is 4.57 Å². The van der Waals surface area contributed by atoms with Gasteiger partial charge in [-0.2, -0.15) is 5.26 Å². The van der Waals surface area contributed by atoms with Crippen molar-refractivity contribution >= 4 is 28.6 Å². The molecule has 2 aliphatic rings. The minimum absolute atomic E-state index is 0.141. The highest BCUT2D eigenvalue weighted by molar-refractivity contribution is 8.14. The maximum absolute atomic E-state index is 11.2. The Morgan fingerprint density at radius 2 is 2.00 bits per heavy atom. The predicted octanol–water partition coefficient (Wildman–Crippen LogP) is 0.707. The number of hydrogen-bond donors (Lipinski definition) is 4. The van der Waals surface area contributed by atoms with Crippen LogP contribution in [0.5, 0.6) is 0 Å². The summed E-state index contributed by atoms with van der Waals surface area (Å²) >= 11 is 0.830. The van der Waals surface area contributed by atoms with Gasteiger partial charge in [-0.25, -0.2) is 9.79 Å². The number of carboxylic acid groups (broad SMARTS) is 1. The fraction of sp³-hybridized carbons (Fsp3) is 0.350. The number of fused-ring (bicyclic) bond motifs is 1. The Morgan fingerprint density at radius 3 is 2.68 bits per heavy atom. The summed E-state index contributed by atoms with van der Waals surface area (Å²) in [6.07, 6.45) is -6.65. The number of ether oxygens (including phenoxy) is 2. The van der Waals surface area contributed by atoms with Gasteiger partial charge in [0.15, 0.2) is 6.10 Å². The summed E-state index contributed by atoms with van der Waals surface area (Å²) < 4.78 is 12.7. The average molecular weight is 445 g/mol. The molecule has 1 aromatic carbocycles. The van der Waals surface area contributed by atoms with Gasteiger partial charge in [0.25, 0.3) is 5.23 Å². The number of rotatable bonds is 3. The molecule has 162 valence electrons. The molecule has 2 aromatic rings. The molecule has 0 amide bonds. The molecule has 10 nitrogen and oxygen atoms in total. The first kappa shape index (κ1) is 21.4. The summed E-state index contributed by atoms with van der Waals surface area (Å²) in [6.45, 7) is 0.181. The van der Waals surface area contributed by atoms with E-state index in [9.17, 15) is 20.1 Å². The van der Waals surface area contributed by atoms with Crippen molar-refractivity contribution in [3.63, 3.8) is 0 Å². The Balaban J connectivity index is 1.54. The zero-order valence-corrected chi connectivity index (χ0v) is 17.1. The van der Waals surface area contributed by atoms with Crippen LogP contribution in [0.4, 0.5) is 5.69 Å². The van der Waals surface area contributed by atoms with Crippen LogP contribution in [0.15, 0.2) is 35.3 Å². The van der Waals surface area contributed by atoms with E-state index in [1.165, 1.54) is 0 Å². The van der Waals surface area contributed by atoms with Crippen molar-refractivity contribution < 1.29 is 34.7 Å². The largest absolute Gasteiger partial charge is 0.479 e. The third-order valence-electron chi connectivity index (χ3n) is 5.20. The fourth-order valence-electron chi connectivity index (χ4n) is 3.46. The van der Waals surface area contributed by atoms with E-state index in [2.05, 4.69) is 11.1 Å². The Morgan fingerprint density at radius 1 is 1.23 bits per heavy atom. The summed E-state index contributed by atoms with van der Waals surface area (Å²) in [7, 11) is 1.81. The van der Waals surface area contributed by atoms with Gasteiger partial charge < -0.3 is 34.5 Å². The van der Waals surface area contributed by atoms with Gasteiger partial charge in [0, 0.05) is 18.3 Å². The van der Waals surface area contributed by atoms with Crippen molar-refractivity contribution in [3.05, 3.63) is 41.6 Å². The molecule has 0 bridgehead atoms. The predicted molar refractivity (Wildman–Crippen MR) is 109 cm³/mol. The molecule has 0 saturated carbocycles. The van der Waals surface area contributed by atoms with Crippen LogP contribution >= 0.6 is 11.8 Å². The number of aliphatic carboxylic acids is 1. The number of nitriles is 1. The molecule has 0 spiro atoms. The summed E-state index contributed by atoms with van der Waals surface area (Å²) in [4.78, 5) is 15.6. The van der Waals surface area contributed by atoms with Crippen LogP contribution in [0.1, 0.15) is 11.3 Å². The molecule has 0 radical (unpaired) electrons. The van der Waals surface area contributed by atoms with E-state index in [1.54, 1.807) is 16.7 Å². The maximum atomic E-state index is 11.2. The lowest BCUT2D eigenvalue weighted by molar-refractivity contribution is -0.209. The summed E-state index contributed by atoms with van der Waals surface area (Å²) in [6, 6.07) is 11.3.